The molecular formula is C32H46N8O3. The van der Waals surface area contributed by atoms with Gasteiger partial charge in [0.25, 0.3) is 0 Å². The average molecular weight is 591 g/mol. The van der Waals surface area contributed by atoms with Crippen LogP contribution >= 0.6 is 0 Å². The highest BCUT2D eigenvalue weighted by Crippen LogP contribution is 2.37. The van der Waals surface area contributed by atoms with Gasteiger partial charge in [0.2, 0.25) is 5.91 Å². The van der Waals surface area contributed by atoms with E-state index < -0.39 is 11.2 Å². The Labute approximate surface area is 253 Å². The molecule has 3 atom stereocenters. The minimum absolute atomic E-state index is 0.135. The van der Waals surface area contributed by atoms with Crippen LogP contribution in [0.15, 0.2) is 35.3 Å². The van der Waals surface area contributed by atoms with Crippen molar-refractivity contribution in [1.29, 1.82) is 0 Å². The van der Waals surface area contributed by atoms with Crippen LogP contribution in [0.2, 0.25) is 0 Å². The van der Waals surface area contributed by atoms with Crippen molar-refractivity contribution in [1.82, 2.24) is 24.3 Å². The number of nitrogens with one attached hydrogen (secondary N) is 1. The van der Waals surface area contributed by atoms with Gasteiger partial charge in [0, 0.05) is 57.0 Å². The quantitative estimate of drug-likeness (QED) is 0.448. The normalized spacial score (nSPS) is 24.3. The zero-order valence-electron chi connectivity index (χ0n) is 25.5. The molecule has 1 unspecified atom stereocenters. The van der Waals surface area contributed by atoms with E-state index in [0.717, 1.165) is 43.7 Å². The van der Waals surface area contributed by atoms with Crippen LogP contribution in [-0.2, 0) is 17.6 Å². The molecule has 1 aromatic heterocycles. The van der Waals surface area contributed by atoms with Crippen LogP contribution in [0.3, 0.4) is 0 Å². The van der Waals surface area contributed by atoms with Gasteiger partial charge in [-0.05, 0) is 100 Å². The summed E-state index contributed by atoms with van der Waals surface area (Å²) in [6.45, 7) is 6.16. The first-order valence-electron chi connectivity index (χ1n) is 15.9. The average Bonchev–Trinajstić information content (AvgIpc) is 3.71. The summed E-state index contributed by atoms with van der Waals surface area (Å²) in [7, 11) is 0. The van der Waals surface area contributed by atoms with Gasteiger partial charge >= 0.3 is 11.7 Å². The van der Waals surface area contributed by atoms with Gasteiger partial charge in [0.05, 0.1) is 11.2 Å². The molecule has 1 saturated heterocycles. The number of amides is 3. The summed E-state index contributed by atoms with van der Waals surface area (Å²) in [5, 5.41) is 2.74. The van der Waals surface area contributed by atoms with Crippen LogP contribution in [0.25, 0.3) is 5.69 Å². The van der Waals surface area contributed by atoms with E-state index in [9.17, 15) is 14.4 Å². The van der Waals surface area contributed by atoms with E-state index in [-0.39, 0.29) is 17.8 Å². The van der Waals surface area contributed by atoms with E-state index in [1.54, 1.807) is 35.9 Å². The second-order valence-corrected chi connectivity index (χ2v) is 13.6. The maximum atomic E-state index is 13.0. The van der Waals surface area contributed by atoms with Crippen LogP contribution in [0.1, 0.15) is 63.5 Å². The monoisotopic (exact) mass is 590 g/mol. The SMILES string of the molecule is CC(C)(N)C(=O)N1CCN(C(=O)Nc2ccn(-c3ccc4c(c3)CCC(N(CC3CC3)[C@H]3CC[C@H](N)C3)C4)c(=O)n2)CC1. The molecule has 2 aromatic rings. The van der Waals surface area contributed by atoms with Gasteiger partial charge in [-0.25, -0.2) is 9.59 Å². The molecule has 0 bridgehead atoms. The second-order valence-electron chi connectivity index (χ2n) is 13.6. The van der Waals surface area contributed by atoms with Crippen molar-refractivity contribution in [2.24, 2.45) is 17.4 Å². The van der Waals surface area contributed by atoms with E-state index in [1.165, 1.54) is 41.5 Å². The van der Waals surface area contributed by atoms with Crippen LogP contribution in [0, 0.1) is 5.92 Å². The fourth-order valence-electron chi connectivity index (χ4n) is 7.02. The zero-order chi connectivity index (χ0) is 30.3. The topological polar surface area (TPSA) is 143 Å². The molecule has 3 amide bonds. The van der Waals surface area contributed by atoms with E-state index in [1.807, 2.05) is 6.07 Å². The number of benzene rings is 1. The molecule has 43 heavy (non-hydrogen) atoms. The Kier molecular flexibility index (Phi) is 8.32. The minimum atomic E-state index is -0.945. The largest absolute Gasteiger partial charge is 0.354 e. The molecule has 0 radical (unpaired) electrons. The van der Waals surface area contributed by atoms with Crippen molar-refractivity contribution < 1.29 is 9.59 Å². The van der Waals surface area contributed by atoms with Gasteiger partial charge in [0.15, 0.2) is 0 Å². The molecule has 1 aromatic carbocycles. The molecule has 2 saturated carbocycles. The van der Waals surface area contributed by atoms with E-state index in [4.69, 9.17) is 11.5 Å². The standard InChI is InChI=1S/C32H46N8O3/c1-32(2,34)29(41)37-13-15-38(16-14-37)30(42)35-28-11-12-39(31(43)36-28)25-8-5-23-18-26(9-6-22(23)17-25)40(20-21-3-4-21)27-10-7-24(33)19-27/h5,8,11-12,17,21,24,26-27H,3-4,6-7,9-10,13-16,18-20,33-34H2,1-2H3,(H,35,36,42,43)/t24-,26?,27-/m0/s1. The molecule has 2 heterocycles. The Bertz CT molecular complexity index is 1410. The maximum Gasteiger partial charge on any atom is 0.354 e. The number of rotatable bonds is 7. The first-order chi connectivity index (χ1) is 20.5. The number of nitrogens with two attached hydrogens (primary N) is 2. The van der Waals surface area contributed by atoms with Gasteiger partial charge in [-0.2, -0.15) is 4.98 Å². The van der Waals surface area contributed by atoms with Crippen LogP contribution in [0.5, 0.6) is 0 Å². The number of carbonyl (C=O) groups excluding carboxylic acids is 2. The Balaban J connectivity index is 1.08. The van der Waals surface area contributed by atoms with Crippen molar-refractivity contribution in [3.63, 3.8) is 0 Å². The lowest BCUT2D eigenvalue weighted by atomic mass is 9.86. The van der Waals surface area contributed by atoms with Crippen LogP contribution in [-0.4, -0.2) is 92.6 Å². The summed E-state index contributed by atoms with van der Waals surface area (Å²) >= 11 is 0. The predicted octanol–water partition coefficient (Wildman–Crippen LogP) is 2.10. The second kappa shape index (κ2) is 12.0. The van der Waals surface area contributed by atoms with Gasteiger partial charge < -0.3 is 21.3 Å². The summed E-state index contributed by atoms with van der Waals surface area (Å²) in [4.78, 5) is 48.5. The van der Waals surface area contributed by atoms with Crippen molar-refractivity contribution in [3.05, 3.63) is 52.1 Å². The van der Waals surface area contributed by atoms with Gasteiger partial charge in [0.1, 0.15) is 5.82 Å². The van der Waals surface area contributed by atoms with E-state index in [0.29, 0.717) is 44.3 Å². The molecule has 3 fully saturated rings. The molecule has 4 aliphatic rings. The number of anilines is 1. The molecule has 232 valence electrons. The van der Waals surface area contributed by atoms with E-state index in [2.05, 4.69) is 27.3 Å². The smallest absolute Gasteiger partial charge is 0.338 e. The number of aryl methyl sites for hydroxylation is 1. The van der Waals surface area contributed by atoms with Crippen molar-refractivity contribution in [2.45, 2.75) is 88.9 Å². The highest BCUT2D eigenvalue weighted by Gasteiger charge is 2.37. The third-order valence-electron chi connectivity index (χ3n) is 9.66. The summed E-state index contributed by atoms with van der Waals surface area (Å²) in [6.07, 6.45) is 11.0. The number of nitrogens with zero attached hydrogens (tertiary/aromatic N) is 5. The van der Waals surface area contributed by atoms with Crippen LogP contribution < -0.4 is 22.5 Å². The van der Waals surface area contributed by atoms with Gasteiger partial charge in [-0.15, -0.1) is 0 Å². The summed E-state index contributed by atoms with van der Waals surface area (Å²) in [5.74, 6) is 0.929. The summed E-state index contributed by atoms with van der Waals surface area (Å²) < 4.78 is 1.53. The number of hydrogen-bond donors (Lipinski definition) is 3. The molecule has 6 rings (SSSR count). The molecule has 0 spiro atoms. The highest BCUT2D eigenvalue weighted by molar-refractivity contribution is 5.89. The third-order valence-corrected chi connectivity index (χ3v) is 9.66. The van der Waals surface area contributed by atoms with E-state index >= 15 is 0 Å². The summed E-state index contributed by atoms with van der Waals surface area (Å²) in [6, 6.07) is 9.10. The first-order valence-corrected chi connectivity index (χ1v) is 15.9. The maximum absolute atomic E-state index is 13.0. The summed E-state index contributed by atoms with van der Waals surface area (Å²) in [5.41, 5.74) is 14.3. The highest BCUT2D eigenvalue weighted by atomic mass is 16.2. The van der Waals surface area contributed by atoms with Crippen LogP contribution in [0.4, 0.5) is 10.6 Å². The lowest BCUT2D eigenvalue weighted by molar-refractivity contribution is -0.137. The lowest BCUT2D eigenvalue weighted by Crippen LogP contribution is -2.58. The fraction of sp³-hybridized carbons (Fsp3) is 0.625. The number of aromatic nitrogens is 2. The Hall–Kier alpha value is -3.28. The number of piperazine rings is 1. The molecule has 5 N–H and O–H groups in total. The number of fused-ring (bicyclic) bond motifs is 1. The number of hydrogen-bond acceptors (Lipinski definition) is 7. The molecule has 11 heteroatoms. The Morgan fingerprint density at radius 3 is 2.40 bits per heavy atom. The first kappa shape index (κ1) is 29.8. The van der Waals surface area contributed by atoms with Crippen molar-refractivity contribution >= 4 is 17.8 Å². The Morgan fingerprint density at radius 2 is 1.74 bits per heavy atom. The molecule has 3 aliphatic carbocycles. The number of urea groups is 1. The van der Waals surface area contributed by atoms with Crippen molar-refractivity contribution in [2.75, 3.05) is 38.0 Å². The van der Waals surface area contributed by atoms with Gasteiger partial charge in [-0.1, -0.05) is 6.07 Å². The third kappa shape index (κ3) is 6.78. The molecule has 1 aliphatic heterocycles. The predicted molar refractivity (Wildman–Crippen MR) is 166 cm³/mol. The lowest BCUT2D eigenvalue weighted by Gasteiger charge is -2.39. The van der Waals surface area contributed by atoms with Gasteiger partial charge in [-0.3, -0.25) is 19.6 Å². The Morgan fingerprint density at radius 1 is 1.00 bits per heavy atom. The molecular weight excluding hydrogens is 544 g/mol. The minimum Gasteiger partial charge on any atom is -0.338 e. The zero-order valence-corrected chi connectivity index (χ0v) is 25.5. The molecule has 11 nitrogen and oxygen atoms in total. The fourth-order valence-corrected chi connectivity index (χ4v) is 7.02. The van der Waals surface area contributed by atoms with Crippen molar-refractivity contribution in [3.8, 4) is 5.69 Å². The number of carbonyl (C=O) groups is 2.